The predicted octanol–water partition coefficient (Wildman–Crippen LogP) is 2.60. The van der Waals surface area contributed by atoms with E-state index in [2.05, 4.69) is 26.7 Å². The molecule has 0 saturated heterocycles. The van der Waals surface area contributed by atoms with Gasteiger partial charge in [0.05, 0.1) is 17.3 Å². The number of hydrogen-bond donors (Lipinski definition) is 4. The van der Waals surface area contributed by atoms with Gasteiger partial charge < -0.3 is 16.8 Å². The minimum absolute atomic E-state index is 0.000582. The number of guanidine groups is 1. The van der Waals surface area contributed by atoms with Crippen LogP contribution in [0.4, 0.5) is 17.3 Å². The van der Waals surface area contributed by atoms with Gasteiger partial charge in [0, 0.05) is 5.56 Å². The Morgan fingerprint density at radius 3 is 2.13 bits per heavy atom. The number of nitrogen functional groups attached to an aromatic ring is 2. The minimum Gasteiger partial charge on any atom is -0.397 e. The maximum absolute atomic E-state index is 9.41. The molecule has 0 fully saturated rings. The molecule has 0 saturated carbocycles. The van der Waals surface area contributed by atoms with Crippen LogP contribution in [0.1, 0.15) is 28.3 Å². The van der Waals surface area contributed by atoms with Crippen molar-refractivity contribution in [2.75, 3.05) is 16.8 Å². The van der Waals surface area contributed by atoms with Crippen LogP contribution in [0.3, 0.4) is 0 Å². The van der Waals surface area contributed by atoms with Crippen molar-refractivity contribution in [1.82, 2.24) is 10.3 Å². The number of rotatable bonds is 2. The van der Waals surface area contributed by atoms with E-state index in [1.165, 1.54) is 0 Å². The fourth-order valence-electron chi connectivity index (χ4n) is 3.42. The number of nitrogens with zero attached hydrogens (tertiary/aromatic N) is 5. The summed E-state index contributed by atoms with van der Waals surface area (Å²) in [4.78, 5) is 8.78. The molecule has 0 spiro atoms. The van der Waals surface area contributed by atoms with Crippen LogP contribution in [0.2, 0.25) is 0 Å². The van der Waals surface area contributed by atoms with Crippen LogP contribution in [0.25, 0.3) is 11.1 Å². The molecule has 2 heterocycles. The standard InChI is InChI=1S/C22H15N9/c23-9-12-1-3-13(4-2-12)14-5-7-15(8-6-14)19-17-18(26)16(10-24)20(27)30-21(17)31-22(29-19)28-11-25/h1-8,19H,(H6,26,27,28,29,30,31). The van der Waals surface area contributed by atoms with Gasteiger partial charge >= 0.3 is 0 Å². The number of hydrogen-bond acceptors (Lipinski definition) is 9. The van der Waals surface area contributed by atoms with Crippen molar-refractivity contribution < 1.29 is 0 Å². The summed E-state index contributed by atoms with van der Waals surface area (Å²) in [5.41, 5.74) is 16.2. The number of nitrogens with two attached hydrogens (primary N) is 2. The summed E-state index contributed by atoms with van der Waals surface area (Å²) in [5, 5.41) is 32.7. The third-order valence-electron chi connectivity index (χ3n) is 4.93. The van der Waals surface area contributed by atoms with E-state index in [9.17, 15) is 5.26 Å². The predicted molar refractivity (Wildman–Crippen MR) is 116 cm³/mol. The summed E-state index contributed by atoms with van der Waals surface area (Å²) in [6.07, 6.45) is 1.82. The zero-order chi connectivity index (χ0) is 22.0. The first-order chi connectivity index (χ1) is 15.0. The molecule has 3 aromatic rings. The number of benzene rings is 2. The third kappa shape index (κ3) is 3.42. The fraction of sp³-hybridized carbons (Fsp3) is 0.0455. The second-order valence-electron chi connectivity index (χ2n) is 6.71. The number of aromatic nitrogens is 1. The average molecular weight is 405 g/mol. The highest BCUT2D eigenvalue weighted by Crippen LogP contribution is 2.40. The SMILES string of the molecule is N#CNC1=NC(c2ccc(-c3ccc(C#N)cc3)cc2)c2c(nc(N)c(C#N)c2N)N1. The van der Waals surface area contributed by atoms with E-state index in [0.29, 0.717) is 16.9 Å². The smallest absolute Gasteiger partial charge is 0.211 e. The van der Waals surface area contributed by atoms with E-state index in [4.69, 9.17) is 22.0 Å². The molecule has 0 aliphatic carbocycles. The van der Waals surface area contributed by atoms with Crippen LogP contribution < -0.4 is 22.1 Å². The molecule has 148 valence electrons. The van der Waals surface area contributed by atoms with Crippen LogP contribution in [-0.4, -0.2) is 10.9 Å². The van der Waals surface area contributed by atoms with Crippen LogP contribution >= 0.6 is 0 Å². The summed E-state index contributed by atoms with van der Waals surface area (Å²) in [6, 6.07) is 18.4. The zero-order valence-electron chi connectivity index (χ0n) is 16.1. The lowest BCUT2D eigenvalue weighted by Gasteiger charge is -2.26. The lowest BCUT2D eigenvalue weighted by molar-refractivity contribution is 0.847. The van der Waals surface area contributed by atoms with Gasteiger partial charge in [-0.05, 0) is 28.8 Å². The van der Waals surface area contributed by atoms with Gasteiger partial charge in [-0.2, -0.15) is 15.8 Å². The molecule has 31 heavy (non-hydrogen) atoms. The fourth-order valence-corrected chi connectivity index (χ4v) is 3.42. The van der Waals surface area contributed by atoms with Crippen molar-refractivity contribution in [1.29, 1.82) is 15.8 Å². The molecule has 0 radical (unpaired) electrons. The summed E-state index contributed by atoms with van der Waals surface area (Å²) < 4.78 is 0. The Morgan fingerprint density at radius 1 is 0.903 bits per heavy atom. The van der Waals surface area contributed by atoms with E-state index >= 15 is 0 Å². The molecule has 1 aliphatic rings. The molecule has 1 aliphatic heterocycles. The van der Waals surface area contributed by atoms with Crippen LogP contribution in [0, 0.1) is 34.1 Å². The highest BCUT2D eigenvalue weighted by molar-refractivity contribution is 5.98. The zero-order valence-corrected chi connectivity index (χ0v) is 16.1. The number of nitriles is 3. The Labute approximate surface area is 177 Å². The topological polar surface area (TPSA) is 173 Å². The average Bonchev–Trinajstić information content (AvgIpc) is 2.79. The summed E-state index contributed by atoms with van der Waals surface area (Å²) >= 11 is 0. The molecule has 9 heteroatoms. The number of pyridine rings is 1. The highest BCUT2D eigenvalue weighted by atomic mass is 15.2. The van der Waals surface area contributed by atoms with E-state index in [-0.39, 0.29) is 23.0 Å². The Balaban J connectivity index is 1.79. The Bertz CT molecular complexity index is 1320. The maximum Gasteiger partial charge on any atom is 0.211 e. The monoisotopic (exact) mass is 405 g/mol. The van der Waals surface area contributed by atoms with E-state index in [1.54, 1.807) is 12.1 Å². The lowest BCUT2D eigenvalue weighted by Crippen LogP contribution is -2.32. The number of nitrogens with one attached hydrogen (secondary N) is 2. The van der Waals surface area contributed by atoms with Gasteiger partial charge in [0.2, 0.25) is 5.96 Å². The molecule has 1 aromatic heterocycles. The summed E-state index contributed by atoms with van der Waals surface area (Å²) in [6.45, 7) is 0. The molecule has 9 nitrogen and oxygen atoms in total. The largest absolute Gasteiger partial charge is 0.397 e. The second kappa shape index (κ2) is 7.75. The minimum atomic E-state index is -0.595. The first-order valence-corrected chi connectivity index (χ1v) is 9.15. The van der Waals surface area contributed by atoms with Gasteiger partial charge in [0.25, 0.3) is 0 Å². The Morgan fingerprint density at radius 2 is 1.55 bits per heavy atom. The lowest BCUT2D eigenvalue weighted by atomic mass is 9.93. The van der Waals surface area contributed by atoms with Crippen molar-refractivity contribution in [2.24, 2.45) is 4.99 Å². The van der Waals surface area contributed by atoms with Crippen molar-refractivity contribution in [3.05, 3.63) is 70.8 Å². The quantitative estimate of drug-likeness (QED) is 0.372. The van der Waals surface area contributed by atoms with Crippen LogP contribution in [0.5, 0.6) is 0 Å². The molecule has 1 atom stereocenters. The van der Waals surface area contributed by atoms with E-state index in [0.717, 1.165) is 16.7 Å². The number of anilines is 3. The molecule has 1 unspecified atom stereocenters. The van der Waals surface area contributed by atoms with Crippen molar-refractivity contribution in [3.63, 3.8) is 0 Å². The van der Waals surface area contributed by atoms with Gasteiger partial charge in [0.1, 0.15) is 29.3 Å². The molecular formula is C22H15N9. The highest BCUT2D eigenvalue weighted by Gasteiger charge is 2.29. The van der Waals surface area contributed by atoms with Gasteiger partial charge in [-0.25, -0.2) is 9.98 Å². The van der Waals surface area contributed by atoms with E-state index in [1.807, 2.05) is 48.7 Å². The molecular weight excluding hydrogens is 390 g/mol. The van der Waals surface area contributed by atoms with Crippen molar-refractivity contribution in [2.45, 2.75) is 6.04 Å². The van der Waals surface area contributed by atoms with Crippen molar-refractivity contribution >= 4 is 23.3 Å². The van der Waals surface area contributed by atoms with Gasteiger partial charge in [-0.15, -0.1) is 0 Å². The molecule has 2 aromatic carbocycles. The number of fused-ring (bicyclic) bond motifs is 1. The molecule has 0 amide bonds. The molecule has 6 N–H and O–H groups in total. The van der Waals surface area contributed by atoms with Gasteiger partial charge in [-0.3, -0.25) is 5.32 Å². The normalized spacial score (nSPS) is 14.1. The second-order valence-corrected chi connectivity index (χ2v) is 6.71. The summed E-state index contributed by atoms with van der Waals surface area (Å²) in [7, 11) is 0. The van der Waals surface area contributed by atoms with Gasteiger partial charge in [-0.1, -0.05) is 36.4 Å². The first kappa shape index (κ1) is 19.3. The first-order valence-electron chi connectivity index (χ1n) is 9.15. The molecule has 4 rings (SSSR count). The van der Waals surface area contributed by atoms with Crippen molar-refractivity contribution in [3.8, 4) is 29.5 Å². The molecule has 0 bridgehead atoms. The van der Waals surface area contributed by atoms with Gasteiger partial charge in [0.15, 0.2) is 6.19 Å². The van der Waals surface area contributed by atoms with Crippen LogP contribution in [-0.2, 0) is 0 Å². The maximum atomic E-state index is 9.41. The number of aliphatic imine (C=N–C) groups is 1. The Kier molecular flexibility index (Phi) is 4.81. The van der Waals surface area contributed by atoms with Crippen LogP contribution in [0.15, 0.2) is 53.5 Å². The summed E-state index contributed by atoms with van der Waals surface area (Å²) in [5.74, 6) is 0.537. The third-order valence-corrected chi connectivity index (χ3v) is 4.93. The van der Waals surface area contributed by atoms with E-state index < -0.39 is 6.04 Å². The Hall–Kier alpha value is -5.07.